The molecule has 3 nitrogen and oxygen atoms in total. The van der Waals surface area contributed by atoms with Crippen molar-refractivity contribution in [2.24, 2.45) is 0 Å². The van der Waals surface area contributed by atoms with Gasteiger partial charge in [0.2, 0.25) is 0 Å². The summed E-state index contributed by atoms with van der Waals surface area (Å²) in [5.74, 6) is -0.507. The largest absolute Gasteiger partial charge is 0.322 e. The summed E-state index contributed by atoms with van der Waals surface area (Å²) in [4.78, 5) is 17.9. The number of nitrogens with one attached hydrogen (secondary N) is 1. The predicted molar refractivity (Wildman–Crippen MR) is 116 cm³/mol. The number of halogens is 1. The molecule has 0 saturated heterocycles. The number of nitrogens with zero attached hydrogens (tertiary/aromatic N) is 1. The molecule has 0 spiro atoms. The number of fused-ring (bicyclic) bond motifs is 1. The second-order valence-electron chi connectivity index (χ2n) is 7.34. The summed E-state index contributed by atoms with van der Waals surface area (Å²) in [6.07, 6.45) is 0. The van der Waals surface area contributed by atoms with E-state index in [1.165, 1.54) is 17.7 Å². The van der Waals surface area contributed by atoms with Crippen molar-refractivity contribution in [2.75, 3.05) is 5.32 Å². The zero-order valence-electron chi connectivity index (χ0n) is 16.6. The number of amides is 1. The molecule has 1 aromatic heterocycles. The van der Waals surface area contributed by atoms with Crippen LogP contribution in [-0.2, 0) is 0 Å². The Kier molecular flexibility index (Phi) is 4.85. The smallest absolute Gasteiger partial charge is 0.256 e. The van der Waals surface area contributed by atoms with Crippen LogP contribution in [0.4, 0.5) is 10.1 Å². The van der Waals surface area contributed by atoms with E-state index in [1.807, 2.05) is 57.2 Å². The molecule has 0 bridgehead atoms. The lowest BCUT2D eigenvalue weighted by Crippen LogP contribution is -2.13. The lowest BCUT2D eigenvalue weighted by Gasteiger charge is -2.12. The molecule has 3 aromatic carbocycles. The molecule has 0 aliphatic heterocycles. The zero-order chi connectivity index (χ0) is 20.5. The molecule has 1 amide bonds. The van der Waals surface area contributed by atoms with Crippen molar-refractivity contribution in [3.63, 3.8) is 0 Å². The number of hydrogen-bond donors (Lipinski definition) is 1. The van der Waals surface area contributed by atoms with E-state index in [4.69, 9.17) is 0 Å². The first-order chi connectivity index (χ1) is 13.9. The molecular formula is C25H21FN2O. The molecule has 1 N–H and O–H groups in total. The van der Waals surface area contributed by atoms with Crippen LogP contribution in [0, 0.1) is 26.6 Å². The third kappa shape index (κ3) is 3.87. The first kappa shape index (κ1) is 18.8. The van der Waals surface area contributed by atoms with Gasteiger partial charge in [-0.05, 0) is 86.5 Å². The molecule has 144 valence electrons. The number of rotatable bonds is 3. The average Bonchev–Trinajstić information content (AvgIpc) is 2.70. The normalized spacial score (nSPS) is 10.9. The Morgan fingerprint density at radius 2 is 1.62 bits per heavy atom. The fourth-order valence-electron chi connectivity index (χ4n) is 3.31. The summed E-state index contributed by atoms with van der Waals surface area (Å²) in [6.45, 7) is 6.04. The topological polar surface area (TPSA) is 42.0 Å². The van der Waals surface area contributed by atoms with Crippen molar-refractivity contribution in [2.45, 2.75) is 20.8 Å². The third-order valence-electron chi connectivity index (χ3n) is 5.11. The standard InChI is InChI=1S/C25H21FN2O/c1-15-4-11-23-21(12-15)22(14-24(28-23)18-6-8-19(26)9-7-18)25(29)27-20-10-5-16(2)17(3)13-20/h4-14H,1-3H3,(H,27,29). The van der Waals surface area contributed by atoms with Gasteiger partial charge in [0.15, 0.2) is 0 Å². The van der Waals surface area contributed by atoms with Crippen molar-refractivity contribution in [1.82, 2.24) is 4.98 Å². The highest BCUT2D eigenvalue weighted by atomic mass is 19.1. The number of hydrogen-bond acceptors (Lipinski definition) is 2. The number of anilines is 1. The van der Waals surface area contributed by atoms with Crippen LogP contribution in [0.25, 0.3) is 22.2 Å². The Bertz CT molecular complexity index is 1230. The zero-order valence-corrected chi connectivity index (χ0v) is 16.6. The molecule has 0 aliphatic rings. The molecule has 29 heavy (non-hydrogen) atoms. The molecule has 0 unspecified atom stereocenters. The quantitative estimate of drug-likeness (QED) is 0.456. The van der Waals surface area contributed by atoms with Gasteiger partial charge in [0, 0.05) is 16.6 Å². The van der Waals surface area contributed by atoms with Gasteiger partial charge in [-0.1, -0.05) is 17.7 Å². The monoisotopic (exact) mass is 384 g/mol. The molecule has 4 rings (SSSR count). The van der Waals surface area contributed by atoms with E-state index >= 15 is 0 Å². The van der Waals surface area contributed by atoms with Gasteiger partial charge < -0.3 is 5.32 Å². The maximum absolute atomic E-state index is 13.3. The van der Waals surface area contributed by atoms with Crippen LogP contribution in [0.3, 0.4) is 0 Å². The van der Waals surface area contributed by atoms with Gasteiger partial charge in [0.25, 0.3) is 5.91 Å². The summed E-state index contributed by atoms with van der Waals surface area (Å²) < 4.78 is 13.3. The summed E-state index contributed by atoms with van der Waals surface area (Å²) in [6, 6.07) is 19.6. The maximum atomic E-state index is 13.3. The molecule has 1 heterocycles. The van der Waals surface area contributed by atoms with Gasteiger partial charge in [0.05, 0.1) is 16.8 Å². The first-order valence-corrected chi connectivity index (χ1v) is 9.47. The summed E-state index contributed by atoms with van der Waals surface area (Å²) in [7, 11) is 0. The predicted octanol–water partition coefficient (Wildman–Crippen LogP) is 6.22. The highest BCUT2D eigenvalue weighted by molar-refractivity contribution is 6.13. The van der Waals surface area contributed by atoms with Gasteiger partial charge in [-0.2, -0.15) is 0 Å². The Morgan fingerprint density at radius 3 is 2.34 bits per heavy atom. The minimum absolute atomic E-state index is 0.199. The number of pyridine rings is 1. The molecular weight excluding hydrogens is 363 g/mol. The average molecular weight is 384 g/mol. The lowest BCUT2D eigenvalue weighted by molar-refractivity contribution is 0.102. The van der Waals surface area contributed by atoms with Crippen LogP contribution < -0.4 is 5.32 Å². The minimum atomic E-state index is -0.308. The SMILES string of the molecule is Cc1ccc2nc(-c3ccc(F)cc3)cc(C(=O)Nc3ccc(C)c(C)c3)c2c1. The van der Waals surface area contributed by atoms with E-state index in [2.05, 4.69) is 10.3 Å². The van der Waals surface area contributed by atoms with Crippen LogP contribution in [0.1, 0.15) is 27.0 Å². The van der Waals surface area contributed by atoms with Crippen LogP contribution >= 0.6 is 0 Å². The fraction of sp³-hybridized carbons (Fsp3) is 0.120. The minimum Gasteiger partial charge on any atom is -0.322 e. The van der Waals surface area contributed by atoms with Crippen molar-refractivity contribution in [3.05, 3.63) is 94.8 Å². The van der Waals surface area contributed by atoms with Crippen LogP contribution in [0.5, 0.6) is 0 Å². The third-order valence-corrected chi connectivity index (χ3v) is 5.11. The molecule has 0 aliphatic carbocycles. The van der Waals surface area contributed by atoms with Crippen molar-refractivity contribution in [1.29, 1.82) is 0 Å². The van der Waals surface area contributed by atoms with Crippen molar-refractivity contribution in [3.8, 4) is 11.3 Å². The summed E-state index contributed by atoms with van der Waals surface area (Å²) in [5, 5.41) is 3.79. The van der Waals surface area contributed by atoms with E-state index in [-0.39, 0.29) is 11.7 Å². The Balaban J connectivity index is 1.82. The van der Waals surface area contributed by atoms with Crippen LogP contribution in [-0.4, -0.2) is 10.9 Å². The fourth-order valence-corrected chi connectivity index (χ4v) is 3.31. The van der Waals surface area contributed by atoms with Crippen LogP contribution in [0.15, 0.2) is 66.7 Å². The number of carbonyl (C=O) groups is 1. The molecule has 0 fully saturated rings. The van der Waals surface area contributed by atoms with E-state index in [0.717, 1.165) is 33.3 Å². The molecule has 4 heteroatoms. The van der Waals surface area contributed by atoms with Crippen molar-refractivity contribution >= 4 is 22.5 Å². The summed E-state index contributed by atoms with van der Waals surface area (Å²) >= 11 is 0. The number of benzene rings is 3. The van der Waals surface area contributed by atoms with E-state index in [0.29, 0.717) is 11.3 Å². The molecule has 0 atom stereocenters. The number of carbonyl (C=O) groups excluding carboxylic acids is 1. The van der Waals surface area contributed by atoms with Gasteiger partial charge in [-0.3, -0.25) is 4.79 Å². The van der Waals surface area contributed by atoms with Gasteiger partial charge >= 0.3 is 0 Å². The van der Waals surface area contributed by atoms with Gasteiger partial charge in [-0.25, -0.2) is 9.37 Å². The molecule has 0 saturated carbocycles. The Morgan fingerprint density at radius 1 is 0.862 bits per heavy atom. The summed E-state index contributed by atoms with van der Waals surface area (Å²) in [5.41, 5.74) is 6.74. The van der Waals surface area contributed by atoms with Gasteiger partial charge in [-0.15, -0.1) is 0 Å². The van der Waals surface area contributed by atoms with Crippen molar-refractivity contribution < 1.29 is 9.18 Å². The van der Waals surface area contributed by atoms with Crippen LogP contribution in [0.2, 0.25) is 0 Å². The van der Waals surface area contributed by atoms with E-state index < -0.39 is 0 Å². The number of aromatic nitrogens is 1. The molecule has 0 radical (unpaired) electrons. The second kappa shape index (κ2) is 7.47. The maximum Gasteiger partial charge on any atom is 0.256 e. The number of aryl methyl sites for hydroxylation is 3. The molecule has 4 aromatic rings. The Hall–Kier alpha value is -3.53. The van der Waals surface area contributed by atoms with Gasteiger partial charge in [0.1, 0.15) is 5.82 Å². The van der Waals surface area contributed by atoms with E-state index in [9.17, 15) is 9.18 Å². The Labute approximate surface area is 169 Å². The first-order valence-electron chi connectivity index (χ1n) is 9.47. The van der Waals surface area contributed by atoms with E-state index in [1.54, 1.807) is 18.2 Å². The highest BCUT2D eigenvalue weighted by Crippen LogP contribution is 2.27. The lowest BCUT2D eigenvalue weighted by atomic mass is 10.0. The highest BCUT2D eigenvalue weighted by Gasteiger charge is 2.15. The second-order valence-corrected chi connectivity index (χ2v) is 7.34.